The lowest BCUT2D eigenvalue weighted by Crippen LogP contribution is -2.30. The zero-order valence-corrected chi connectivity index (χ0v) is 14.7. The van der Waals surface area contributed by atoms with Gasteiger partial charge in [0.15, 0.2) is 6.10 Å². The Morgan fingerprint density at radius 3 is 1.86 bits per heavy atom. The fourth-order valence-corrected chi connectivity index (χ4v) is 2.94. The number of methoxy groups -OCH3 is 1. The predicted molar refractivity (Wildman–Crippen MR) is 81.1 cm³/mol. The van der Waals surface area contributed by atoms with E-state index < -0.39 is 19.9 Å². The van der Waals surface area contributed by atoms with E-state index in [1.54, 1.807) is 13.8 Å². The smallest absolute Gasteiger partial charge is 0.467 e. The number of esters is 1. The monoisotopic (exact) mass is 324 g/mol. The molecule has 1 atom stereocenters. The minimum Gasteiger partial charge on any atom is -0.467 e. The third-order valence-corrected chi connectivity index (χ3v) is 4.26. The first-order valence-corrected chi connectivity index (χ1v) is 9.01. The average molecular weight is 324 g/mol. The van der Waals surface area contributed by atoms with Gasteiger partial charge in [-0.25, -0.2) is 9.36 Å². The van der Waals surface area contributed by atoms with Crippen LogP contribution in [0.2, 0.25) is 0 Å². The molecule has 0 radical (unpaired) electrons. The second-order valence-electron chi connectivity index (χ2n) is 5.11. The van der Waals surface area contributed by atoms with Crippen LogP contribution >= 0.6 is 7.82 Å². The van der Waals surface area contributed by atoms with Crippen molar-refractivity contribution in [2.24, 2.45) is 5.92 Å². The normalized spacial score (nSPS) is 13.4. The van der Waals surface area contributed by atoms with Gasteiger partial charge in [-0.3, -0.25) is 13.6 Å². The summed E-state index contributed by atoms with van der Waals surface area (Å²) < 4.78 is 33.3. The summed E-state index contributed by atoms with van der Waals surface area (Å²) in [6.07, 6.45) is 2.33. The Labute approximate surface area is 128 Å². The average Bonchev–Trinajstić information content (AvgIpc) is 2.44. The van der Waals surface area contributed by atoms with Gasteiger partial charge in [0.1, 0.15) is 0 Å². The van der Waals surface area contributed by atoms with Crippen LogP contribution in [0, 0.1) is 5.92 Å². The molecule has 0 N–H and O–H groups in total. The molecule has 126 valence electrons. The molecule has 21 heavy (non-hydrogen) atoms. The van der Waals surface area contributed by atoms with E-state index in [4.69, 9.17) is 13.6 Å². The maximum absolute atomic E-state index is 12.6. The van der Waals surface area contributed by atoms with Crippen molar-refractivity contribution in [1.82, 2.24) is 0 Å². The third kappa shape index (κ3) is 8.57. The topological polar surface area (TPSA) is 71.1 Å². The summed E-state index contributed by atoms with van der Waals surface area (Å²) in [5.41, 5.74) is 0. The number of phosphoric ester groups is 1. The van der Waals surface area contributed by atoms with Gasteiger partial charge in [-0.15, -0.1) is 0 Å². The second-order valence-corrected chi connectivity index (χ2v) is 6.74. The number of unbranched alkanes of at least 4 members (excludes halogenated alkanes) is 2. The first-order chi connectivity index (χ1) is 9.90. The maximum Gasteiger partial charge on any atom is 0.475 e. The molecule has 0 spiro atoms. The van der Waals surface area contributed by atoms with E-state index in [1.807, 2.05) is 13.8 Å². The first kappa shape index (κ1) is 20.6. The zero-order chi connectivity index (χ0) is 16.3. The quantitative estimate of drug-likeness (QED) is 0.307. The van der Waals surface area contributed by atoms with Crippen LogP contribution in [0.15, 0.2) is 0 Å². The van der Waals surface area contributed by atoms with Gasteiger partial charge < -0.3 is 4.74 Å². The van der Waals surface area contributed by atoms with Gasteiger partial charge in [-0.2, -0.15) is 0 Å². The Morgan fingerprint density at radius 2 is 1.52 bits per heavy atom. The van der Waals surface area contributed by atoms with Crippen LogP contribution < -0.4 is 0 Å². The summed E-state index contributed by atoms with van der Waals surface area (Å²) >= 11 is 0. The summed E-state index contributed by atoms with van der Waals surface area (Å²) in [6.45, 7) is 8.10. The van der Waals surface area contributed by atoms with Gasteiger partial charge in [0.25, 0.3) is 0 Å². The van der Waals surface area contributed by atoms with Crippen molar-refractivity contribution in [1.29, 1.82) is 0 Å². The van der Waals surface area contributed by atoms with E-state index in [9.17, 15) is 9.36 Å². The summed E-state index contributed by atoms with van der Waals surface area (Å²) in [6, 6.07) is 0. The molecule has 0 aliphatic carbocycles. The Balaban J connectivity index is 4.82. The summed E-state index contributed by atoms with van der Waals surface area (Å²) in [4.78, 5) is 11.7. The van der Waals surface area contributed by atoms with E-state index in [0.717, 1.165) is 25.7 Å². The number of phosphoric acid groups is 1. The van der Waals surface area contributed by atoms with Crippen molar-refractivity contribution in [3.05, 3.63) is 0 Å². The number of hydrogen-bond acceptors (Lipinski definition) is 6. The molecular formula is C14H29O6P. The molecule has 0 fully saturated rings. The van der Waals surface area contributed by atoms with Crippen LogP contribution in [0.4, 0.5) is 0 Å². The molecular weight excluding hydrogens is 295 g/mol. The van der Waals surface area contributed by atoms with E-state index in [2.05, 4.69) is 4.74 Å². The van der Waals surface area contributed by atoms with Crippen LogP contribution in [0.5, 0.6) is 0 Å². The van der Waals surface area contributed by atoms with Gasteiger partial charge >= 0.3 is 13.8 Å². The Morgan fingerprint density at radius 1 is 1.05 bits per heavy atom. The highest BCUT2D eigenvalue weighted by Gasteiger charge is 2.36. The molecule has 0 aromatic rings. The van der Waals surface area contributed by atoms with Gasteiger partial charge in [0, 0.05) is 0 Å². The van der Waals surface area contributed by atoms with Crippen LogP contribution in [0.3, 0.4) is 0 Å². The molecule has 0 saturated heterocycles. The number of hydrogen-bond donors (Lipinski definition) is 0. The van der Waals surface area contributed by atoms with Crippen LogP contribution in [0.25, 0.3) is 0 Å². The van der Waals surface area contributed by atoms with E-state index in [0.29, 0.717) is 0 Å². The molecule has 0 aliphatic rings. The van der Waals surface area contributed by atoms with Crippen LogP contribution in [-0.2, 0) is 27.7 Å². The summed E-state index contributed by atoms with van der Waals surface area (Å²) in [5.74, 6) is -0.779. The third-order valence-electron chi connectivity index (χ3n) is 2.78. The Hall–Kier alpha value is -0.420. The van der Waals surface area contributed by atoms with E-state index in [1.165, 1.54) is 7.11 Å². The SMILES string of the molecule is CCCCOP(=O)(OCCCC)O[C@H](C(=O)OC)C(C)C. The van der Waals surface area contributed by atoms with Crippen molar-refractivity contribution in [3.8, 4) is 0 Å². The first-order valence-electron chi connectivity index (χ1n) is 7.55. The molecule has 0 aliphatic heterocycles. The highest BCUT2D eigenvalue weighted by Crippen LogP contribution is 2.51. The molecule has 0 saturated carbocycles. The lowest BCUT2D eigenvalue weighted by molar-refractivity contribution is -0.152. The van der Waals surface area contributed by atoms with E-state index >= 15 is 0 Å². The van der Waals surface area contributed by atoms with Crippen molar-refractivity contribution in [2.75, 3.05) is 20.3 Å². The number of carbonyl (C=O) groups excluding carboxylic acids is 1. The van der Waals surface area contributed by atoms with E-state index in [-0.39, 0.29) is 19.1 Å². The van der Waals surface area contributed by atoms with Crippen molar-refractivity contribution in [3.63, 3.8) is 0 Å². The maximum atomic E-state index is 12.6. The molecule has 0 heterocycles. The Kier molecular flexibility index (Phi) is 11.0. The second kappa shape index (κ2) is 11.2. The summed E-state index contributed by atoms with van der Waals surface area (Å²) in [5, 5.41) is 0. The minimum atomic E-state index is -3.76. The van der Waals surface area contributed by atoms with Crippen LogP contribution in [-0.4, -0.2) is 32.4 Å². The number of carbonyl (C=O) groups is 1. The fraction of sp³-hybridized carbons (Fsp3) is 0.929. The Bertz CT molecular complexity index is 317. The molecule has 6 nitrogen and oxygen atoms in total. The van der Waals surface area contributed by atoms with Crippen molar-refractivity contribution < 1.29 is 27.7 Å². The van der Waals surface area contributed by atoms with Gasteiger partial charge in [-0.05, 0) is 18.8 Å². The molecule has 0 aromatic carbocycles. The molecule has 0 bridgehead atoms. The highest BCUT2D eigenvalue weighted by molar-refractivity contribution is 7.48. The van der Waals surface area contributed by atoms with Crippen molar-refractivity contribution in [2.45, 2.75) is 59.5 Å². The highest BCUT2D eigenvalue weighted by atomic mass is 31.2. The van der Waals surface area contributed by atoms with Gasteiger partial charge in [-0.1, -0.05) is 40.5 Å². The van der Waals surface area contributed by atoms with Gasteiger partial charge in [0.2, 0.25) is 0 Å². The molecule has 7 heteroatoms. The molecule has 0 rings (SSSR count). The molecule has 0 unspecified atom stereocenters. The number of ether oxygens (including phenoxy) is 1. The summed E-state index contributed by atoms with van der Waals surface area (Å²) in [7, 11) is -2.49. The lowest BCUT2D eigenvalue weighted by atomic mass is 10.1. The minimum absolute atomic E-state index is 0.199. The van der Waals surface area contributed by atoms with Crippen molar-refractivity contribution >= 4 is 13.8 Å². The molecule has 0 amide bonds. The zero-order valence-electron chi connectivity index (χ0n) is 13.8. The largest absolute Gasteiger partial charge is 0.475 e. The fourth-order valence-electron chi connectivity index (χ4n) is 1.43. The molecule has 0 aromatic heterocycles. The van der Waals surface area contributed by atoms with Crippen LogP contribution in [0.1, 0.15) is 53.4 Å². The lowest BCUT2D eigenvalue weighted by Gasteiger charge is -2.24. The number of rotatable bonds is 12. The predicted octanol–water partition coefficient (Wildman–Crippen LogP) is 3.94. The van der Waals surface area contributed by atoms with Gasteiger partial charge in [0.05, 0.1) is 20.3 Å². The standard InChI is InChI=1S/C14H29O6P/c1-6-8-10-18-21(16,19-11-9-7-2)20-13(12(3)4)14(15)17-5/h12-13H,6-11H2,1-5H3/t13-/m0/s1.